The topological polar surface area (TPSA) is 187 Å². The van der Waals surface area contributed by atoms with Crippen molar-refractivity contribution in [3.63, 3.8) is 0 Å². The Morgan fingerprint density at radius 2 is 0.981 bits per heavy atom. The van der Waals surface area contributed by atoms with Gasteiger partial charge < -0.3 is 5.32 Å². The van der Waals surface area contributed by atoms with Gasteiger partial charge in [-0.15, -0.1) is 5.11 Å². The number of azo groups is 2. The highest BCUT2D eigenvalue weighted by Gasteiger charge is 2.39. The van der Waals surface area contributed by atoms with Gasteiger partial charge in [0.05, 0.1) is 22.7 Å². The molecule has 0 fully saturated rings. The fourth-order valence-electron chi connectivity index (χ4n) is 5.84. The lowest BCUT2D eigenvalue weighted by Crippen LogP contribution is -2.30. The minimum absolute atomic E-state index is 0.125. The summed E-state index contributed by atoms with van der Waals surface area (Å²) < 4.78 is 108. The van der Waals surface area contributed by atoms with Gasteiger partial charge in [-0.3, -0.25) is 13.9 Å². The minimum atomic E-state index is -5.27. The van der Waals surface area contributed by atoms with Crippen molar-refractivity contribution >= 4 is 76.1 Å². The summed E-state index contributed by atoms with van der Waals surface area (Å²) in [7, 11) is -9.42. The molecule has 54 heavy (non-hydrogen) atoms. The molecule has 0 atom stereocenters. The quantitative estimate of drug-likeness (QED) is 0.101. The molecule has 0 spiro atoms. The molecule has 0 saturated heterocycles. The number of alkyl halides is 3. The number of carbonyl (C=O) groups is 1. The highest BCUT2D eigenvalue weighted by Crippen LogP contribution is 2.41. The third-order valence-electron chi connectivity index (χ3n) is 8.54. The van der Waals surface area contributed by atoms with Gasteiger partial charge in [0.1, 0.15) is 15.5 Å². The maximum atomic E-state index is 13.2. The van der Waals surface area contributed by atoms with Crippen LogP contribution in [0.1, 0.15) is 16.7 Å². The average molecular weight is 776 g/mol. The van der Waals surface area contributed by atoms with Gasteiger partial charge >= 0.3 is 12.1 Å². The van der Waals surface area contributed by atoms with Crippen LogP contribution in [0.25, 0.3) is 32.7 Å². The minimum Gasteiger partial charge on any atom is -0.316 e. The molecule has 0 unspecified atom stereocenters. The Labute approximate surface area is 306 Å². The highest BCUT2D eigenvalue weighted by atomic mass is 32.2. The SMILES string of the molecule is Cc1cc(-c2ccc(N=Nc3cc(S(=O)(=O)O)c4ccccc4c3NC(=O)C(F)(F)F)c(C)c2)ccc1N=Nc1cc(S(=O)(=O)O)c2ccccc2c1C. The second-order valence-corrected chi connectivity index (χ2v) is 15.0. The summed E-state index contributed by atoms with van der Waals surface area (Å²) >= 11 is 0. The molecule has 12 nitrogen and oxygen atoms in total. The molecule has 0 aliphatic heterocycles. The van der Waals surface area contributed by atoms with Crippen LogP contribution in [-0.2, 0) is 25.0 Å². The van der Waals surface area contributed by atoms with Crippen molar-refractivity contribution in [2.45, 2.75) is 36.7 Å². The van der Waals surface area contributed by atoms with Gasteiger partial charge in [0.15, 0.2) is 0 Å². The number of halogens is 3. The van der Waals surface area contributed by atoms with E-state index in [-0.39, 0.29) is 27.0 Å². The van der Waals surface area contributed by atoms with Crippen LogP contribution in [-0.4, -0.2) is 38.0 Å². The first-order chi connectivity index (χ1) is 25.3. The van der Waals surface area contributed by atoms with Gasteiger partial charge in [-0.1, -0.05) is 60.7 Å². The summed E-state index contributed by atoms with van der Waals surface area (Å²) in [6.07, 6.45) is -5.27. The van der Waals surface area contributed by atoms with Gasteiger partial charge in [0, 0.05) is 16.2 Å². The Morgan fingerprint density at radius 3 is 1.44 bits per heavy atom. The second-order valence-electron chi connectivity index (χ2n) is 12.2. The number of hydrogen-bond donors (Lipinski definition) is 3. The van der Waals surface area contributed by atoms with E-state index in [2.05, 4.69) is 20.5 Å². The van der Waals surface area contributed by atoms with Gasteiger partial charge in [0.2, 0.25) is 0 Å². The first kappa shape index (κ1) is 37.9. The molecule has 6 aromatic carbocycles. The summed E-state index contributed by atoms with van der Waals surface area (Å²) in [6.45, 7) is 5.29. The van der Waals surface area contributed by atoms with Gasteiger partial charge in [-0.05, 0) is 90.4 Å². The van der Waals surface area contributed by atoms with Gasteiger partial charge in [-0.2, -0.15) is 45.3 Å². The van der Waals surface area contributed by atoms with E-state index < -0.39 is 48.6 Å². The molecular weight excluding hydrogens is 748 g/mol. The lowest BCUT2D eigenvalue weighted by Gasteiger charge is -2.15. The Balaban J connectivity index is 1.31. The molecule has 0 saturated carbocycles. The summed E-state index contributed by atoms with van der Waals surface area (Å²) in [5.41, 5.74) is 3.62. The lowest BCUT2D eigenvalue weighted by atomic mass is 10.00. The fraction of sp³-hybridized carbons (Fsp3) is 0.108. The van der Waals surface area contributed by atoms with E-state index in [4.69, 9.17) is 0 Å². The number of amides is 1. The summed E-state index contributed by atoms with van der Waals surface area (Å²) in [6, 6.07) is 24.6. The van der Waals surface area contributed by atoms with Crippen molar-refractivity contribution in [3.05, 3.63) is 114 Å². The van der Waals surface area contributed by atoms with Crippen LogP contribution >= 0.6 is 0 Å². The van der Waals surface area contributed by atoms with Crippen LogP contribution in [0.2, 0.25) is 0 Å². The van der Waals surface area contributed by atoms with Crippen LogP contribution in [0.4, 0.5) is 41.6 Å². The number of nitrogens with one attached hydrogen (secondary N) is 1. The van der Waals surface area contributed by atoms with Crippen LogP contribution in [0.3, 0.4) is 0 Å². The maximum absolute atomic E-state index is 13.2. The predicted molar refractivity (Wildman–Crippen MR) is 197 cm³/mol. The molecule has 1 amide bonds. The summed E-state index contributed by atoms with van der Waals surface area (Å²) in [5, 5.41) is 19.2. The maximum Gasteiger partial charge on any atom is 0.471 e. The van der Waals surface area contributed by atoms with E-state index in [1.54, 1.807) is 73.8 Å². The van der Waals surface area contributed by atoms with Crippen LogP contribution in [0.5, 0.6) is 0 Å². The Morgan fingerprint density at radius 1 is 0.574 bits per heavy atom. The summed E-state index contributed by atoms with van der Waals surface area (Å²) in [5.74, 6) is -2.32. The Kier molecular flexibility index (Phi) is 9.93. The number of benzene rings is 6. The van der Waals surface area contributed by atoms with E-state index in [9.17, 15) is 43.9 Å². The number of fused-ring (bicyclic) bond motifs is 2. The second kappa shape index (κ2) is 14.2. The monoisotopic (exact) mass is 775 g/mol. The van der Waals surface area contributed by atoms with E-state index >= 15 is 0 Å². The number of anilines is 1. The molecular formula is C37H28F3N5O7S2. The number of hydrogen-bond acceptors (Lipinski definition) is 9. The molecule has 0 bridgehead atoms. The zero-order chi connectivity index (χ0) is 39.2. The molecule has 276 valence electrons. The third-order valence-corrected chi connectivity index (χ3v) is 10.3. The van der Waals surface area contributed by atoms with Crippen LogP contribution in [0, 0.1) is 20.8 Å². The highest BCUT2D eigenvalue weighted by molar-refractivity contribution is 7.86. The van der Waals surface area contributed by atoms with Gasteiger partial charge in [0.25, 0.3) is 20.2 Å². The van der Waals surface area contributed by atoms with Crippen LogP contribution < -0.4 is 5.32 Å². The lowest BCUT2D eigenvalue weighted by molar-refractivity contribution is -0.167. The number of rotatable bonds is 8. The van der Waals surface area contributed by atoms with Crippen LogP contribution in [0.15, 0.2) is 127 Å². The van der Waals surface area contributed by atoms with E-state index in [1.165, 1.54) is 30.3 Å². The third kappa shape index (κ3) is 7.74. The molecule has 3 N–H and O–H groups in total. The van der Waals surface area contributed by atoms with E-state index in [0.29, 0.717) is 27.6 Å². The fourth-order valence-corrected chi connectivity index (χ4v) is 7.27. The van der Waals surface area contributed by atoms with Crippen molar-refractivity contribution in [1.82, 2.24) is 0 Å². The molecule has 0 radical (unpaired) electrons. The van der Waals surface area contributed by atoms with Crippen molar-refractivity contribution in [1.29, 1.82) is 0 Å². The zero-order valence-corrected chi connectivity index (χ0v) is 30.0. The standard InChI is InChI=1S/C37H28F3N5O7S2/c1-20-16-23(12-14-29(20)42-44-31-18-33(53(47,48)49)26-9-5-4-8-25(26)22(31)3)24-13-15-30(21(2)17-24)43-45-32-19-34(54(50,51)52)27-10-6-7-11-28(27)35(32)41-36(46)37(38,39)40/h4-19H,1-3H3,(H,41,46)(H,47,48,49)(H,50,51,52). The predicted octanol–water partition coefficient (Wildman–Crippen LogP) is 10.4. The molecule has 0 aromatic heterocycles. The van der Waals surface area contributed by atoms with Crippen molar-refractivity contribution in [2.75, 3.05) is 5.32 Å². The Hall–Kier alpha value is -5.88. The summed E-state index contributed by atoms with van der Waals surface area (Å²) in [4.78, 5) is 11.0. The molecule has 17 heteroatoms. The number of nitrogens with zero attached hydrogens (tertiary/aromatic N) is 4. The first-order valence-corrected chi connectivity index (χ1v) is 18.7. The average Bonchev–Trinajstić information content (AvgIpc) is 3.10. The first-order valence-electron chi connectivity index (χ1n) is 15.8. The normalized spacial score (nSPS) is 12.7. The molecule has 6 rings (SSSR count). The van der Waals surface area contributed by atoms with Crippen molar-refractivity contribution in [3.8, 4) is 11.1 Å². The molecule has 6 aromatic rings. The molecule has 0 aliphatic rings. The zero-order valence-electron chi connectivity index (χ0n) is 28.4. The van der Waals surface area contributed by atoms with E-state index in [0.717, 1.165) is 22.8 Å². The van der Waals surface area contributed by atoms with Crippen molar-refractivity contribution < 1.29 is 43.9 Å². The number of aryl methyl sites for hydroxylation is 3. The smallest absolute Gasteiger partial charge is 0.316 e. The number of carbonyl (C=O) groups excluding carboxylic acids is 1. The van der Waals surface area contributed by atoms with Gasteiger partial charge in [-0.25, -0.2) is 0 Å². The van der Waals surface area contributed by atoms with E-state index in [1.807, 2.05) is 13.0 Å². The molecule has 0 heterocycles. The van der Waals surface area contributed by atoms with Crippen molar-refractivity contribution in [2.24, 2.45) is 20.5 Å². The molecule has 0 aliphatic carbocycles. The largest absolute Gasteiger partial charge is 0.471 e. The Bertz CT molecular complexity index is 2810.